The highest BCUT2D eigenvalue weighted by Gasteiger charge is 2.43. The van der Waals surface area contributed by atoms with E-state index in [0.717, 1.165) is 38.2 Å². The second-order valence-corrected chi connectivity index (χ2v) is 5.46. The molecule has 2 rings (SSSR count). The van der Waals surface area contributed by atoms with Crippen LogP contribution in [0.15, 0.2) is 6.20 Å². The highest BCUT2D eigenvalue weighted by atomic mass is 35.5. The summed E-state index contributed by atoms with van der Waals surface area (Å²) in [7, 11) is 0. The molecule has 0 spiro atoms. The molecule has 2 heterocycles. The highest BCUT2D eigenvalue weighted by Crippen LogP contribution is 2.40. The van der Waals surface area contributed by atoms with E-state index in [1.54, 1.807) is 6.20 Å². The third-order valence-corrected chi connectivity index (χ3v) is 4.16. The summed E-state index contributed by atoms with van der Waals surface area (Å²) in [6.45, 7) is 6.66. The van der Waals surface area contributed by atoms with Gasteiger partial charge in [-0.15, -0.1) is 0 Å². The molecule has 1 aromatic heterocycles. The van der Waals surface area contributed by atoms with Gasteiger partial charge in [0.1, 0.15) is 5.60 Å². The van der Waals surface area contributed by atoms with Gasteiger partial charge in [-0.25, -0.2) is 0 Å². The number of nitrogens with zero attached hydrogens (tertiary/aromatic N) is 2. The van der Waals surface area contributed by atoms with E-state index in [-0.39, 0.29) is 5.92 Å². The minimum absolute atomic E-state index is 0.191. The largest absolute Gasteiger partial charge is 0.383 e. The maximum atomic E-state index is 11.1. The quantitative estimate of drug-likeness (QED) is 0.882. The molecule has 0 bridgehead atoms. The zero-order valence-electron chi connectivity index (χ0n) is 11.1. The van der Waals surface area contributed by atoms with Crippen molar-refractivity contribution in [1.82, 2.24) is 15.1 Å². The van der Waals surface area contributed by atoms with E-state index >= 15 is 0 Å². The van der Waals surface area contributed by atoms with Crippen molar-refractivity contribution in [2.45, 2.75) is 45.3 Å². The Labute approximate surface area is 113 Å². The number of aromatic nitrogens is 2. The van der Waals surface area contributed by atoms with Crippen molar-refractivity contribution < 1.29 is 5.11 Å². The first-order valence-electron chi connectivity index (χ1n) is 6.78. The molecule has 4 nitrogen and oxygen atoms in total. The smallest absolute Gasteiger partial charge is 0.113 e. The normalized spacial score (nSPS) is 28.6. The van der Waals surface area contributed by atoms with Crippen LogP contribution in [0.25, 0.3) is 0 Å². The van der Waals surface area contributed by atoms with Gasteiger partial charge in [0.05, 0.1) is 16.9 Å². The Morgan fingerprint density at radius 2 is 2.39 bits per heavy atom. The van der Waals surface area contributed by atoms with Gasteiger partial charge in [0, 0.05) is 19.0 Å². The second-order valence-electron chi connectivity index (χ2n) is 5.05. The maximum absolute atomic E-state index is 11.1. The molecule has 2 atom stereocenters. The van der Waals surface area contributed by atoms with Crippen LogP contribution in [0.4, 0.5) is 0 Å². The Morgan fingerprint density at radius 1 is 1.61 bits per heavy atom. The van der Waals surface area contributed by atoms with Crippen LogP contribution in [0.5, 0.6) is 0 Å². The van der Waals surface area contributed by atoms with Crippen LogP contribution in [-0.2, 0) is 12.1 Å². The molecule has 1 aliphatic heterocycles. The van der Waals surface area contributed by atoms with Crippen LogP contribution < -0.4 is 5.32 Å². The SMILES string of the molecule is CCCn1ncc(Cl)c1C1(O)CCNCC1CC. The Bertz CT molecular complexity index is 407. The van der Waals surface area contributed by atoms with Crippen LogP contribution in [0, 0.1) is 5.92 Å². The van der Waals surface area contributed by atoms with E-state index < -0.39 is 5.60 Å². The van der Waals surface area contributed by atoms with E-state index in [9.17, 15) is 5.11 Å². The molecular weight excluding hydrogens is 250 g/mol. The summed E-state index contributed by atoms with van der Waals surface area (Å²) in [5, 5.41) is 19.3. The lowest BCUT2D eigenvalue weighted by atomic mass is 9.77. The van der Waals surface area contributed by atoms with E-state index in [4.69, 9.17) is 11.6 Å². The Morgan fingerprint density at radius 3 is 3.06 bits per heavy atom. The first-order chi connectivity index (χ1) is 8.63. The number of piperidine rings is 1. The molecule has 1 aliphatic rings. The van der Waals surface area contributed by atoms with E-state index in [1.807, 2.05) is 4.68 Å². The topological polar surface area (TPSA) is 50.1 Å². The van der Waals surface area contributed by atoms with E-state index in [2.05, 4.69) is 24.3 Å². The average molecular weight is 272 g/mol. The molecule has 0 aliphatic carbocycles. The molecule has 1 saturated heterocycles. The monoisotopic (exact) mass is 271 g/mol. The molecule has 18 heavy (non-hydrogen) atoms. The van der Waals surface area contributed by atoms with Gasteiger partial charge in [0.2, 0.25) is 0 Å². The van der Waals surface area contributed by atoms with Crippen LogP contribution in [-0.4, -0.2) is 28.0 Å². The van der Waals surface area contributed by atoms with Crippen molar-refractivity contribution in [2.24, 2.45) is 5.92 Å². The first kappa shape index (κ1) is 13.8. The predicted octanol–water partition coefficient (Wildman–Crippen LogP) is 2.15. The summed E-state index contributed by atoms with van der Waals surface area (Å²) in [5.74, 6) is 0.191. The summed E-state index contributed by atoms with van der Waals surface area (Å²) in [6, 6.07) is 0. The molecule has 0 amide bonds. The number of halogens is 1. The molecule has 102 valence electrons. The zero-order chi connectivity index (χ0) is 13.2. The van der Waals surface area contributed by atoms with Crippen molar-refractivity contribution in [3.8, 4) is 0 Å². The van der Waals surface area contributed by atoms with E-state index in [1.165, 1.54) is 0 Å². The zero-order valence-corrected chi connectivity index (χ0v) is 11.9. The number of hydrogen-bond donors (Lipinski definition) is 2. The third kappa shape index (κ3) is 2.29. The minimum atomic E-state index is -0.844. The van der Waals surface area contributed by atoms with Gasteiger partial charge in [-0.3, -0.25) is 4.68 Å². The number of nitrogens with one attached hydrogen (secondary N) is 1. The van der Waals surface area contributed by atoms with Crippen LogP contribution >= 0.6 is 11.6 Å². The van der Waals surface area contributed by atoms with Gasteiger partial charge in [-0.05, 0) is 25.8 Å². The van der Waals surface area contributed by atoms with E-state index in [0.29, 0.717) is 11.4 Å². The van der Waals surface area contributed by atoms with Gasteiger partial charge in [-0.2, -0.15) is 5.10 Å². The Kier molecular flexibility index (Phi) is 4.30. The van der Waals surface area contributed by atoms with Gasteiger partial charge in [0.25, 0.3) is 0 Å². The third-order valence-electron chi connectivity index (χ3n) is 3.88. The molecule has 1 fully saturated rings. The van der Waals surface area contributed by atoms with Crippen LogP contribution in [0.2, 0.25) is 5.02 Å². The number of hydrogen-bond acceptors (Lipinski definition) is 3. The molecule has 2 N–H and O–H groups in total. The average Bonchev–Trinajstić information content (AvgIpc) is 2.72. The lowest BCUT2D eigenvalue weighted by molar-refractivity contribution is -0.0548. The fourth-order valence-electron chi connectivity index (χ4n) is 2.90. The van der Waals surface area contributed by atoms with Crippen molar-refractivity contribution in [3.63, 3.8) is 0 Å². The summed E-state index contributed by atoms with van der Waals surface area (Å²) < 4.78 is 1.87. The standard InChI is InChI=1S/C13H22ClN3O/c1-3-7-17-12(11(14)9-16-17)13(18)5-6-15-8-10(13)4-2/h9-10,15,18H,3-8H2,1-2H3. The molecule has 5 heteroatoms. The summed E-state index contributed by atoms with van der Waals surface area (Å²) >= 11 is 6.26. The summed E-state index contributed by atoms with van der Waals surface area (Å²) in [5.41, 5.74) is -0.0395. The number of rotatable bonds is 4. The molecular formula is C13H22ClN3O. The predicted molar refractivity (Wildman–Crippen MR) is 72.7 cm³/mol. The summed E-state index contributed by atoms with van der Waals surface area (Å²) in [6.07, 6.45) is 4.26. The van der Waals surface area contributed by atoms with Gasteiger partial charge < -0.3 is 10.4 Å². The lowest BCUT2D eigenvalue weighted by Crippen LogP contribution is -2.49. The van der Waals surface area contributed by atoms with Crippen molar-refractivity contribution in [2.75, 3.05) is 13.1 Å². The Hall–Kier alpha value is -0.580. The Balaban J connectivity index is 2.40. The minimum Gasteiger partial charge on any atom is -0.383 e. The van der Waals surface area contributed by atoms with Gasteiger partial charge in [-0.1, -0.05) is 25.4 Å². The van der Waals surface area contributed by atoms with Gasteiger partial charge in [0.15, 0.2) is 0 Å². The molecule has 0 radical (unpaired) electrons. The summed E-state index contributed by atoms with van der Waals surface area (Å²) in [4.78, 5) is 0. The van der Waals surface area contributed by atoms with Crippen LogP contribution in [0.3, 0.4) is 0 Å². The first-order valence-corrected chi connectivity index (χ1v) is 7.16. The van der Waals surface area contributed by atoms with Crippen molar-refractivity contribution in [3.05, 3.63) is 16.9 Å². The van der Waals surface area contributed by atoms with Crippen molar-refractivity contribution in [1.29, 1.82) is 0 Å². The lowest BCUT2D eigenvalue weighted by Gasteiger charge is -2.40. The maximum Gasteiger partial charge on any atom is 0.113 e. The highest BCUT2D eigenvalue weighted by molar-refractivity contribution is 6.31. The fourth-order valence-corrected chi connectivity index (χ4v) is 3.20. The van der Waals surface area contributed by atoms with Crippen LogP contribution in [0.1, 0.15) is 38.8 Å². The van der Waals surface area contributed by atoms with Gasteiger partial charge >= 0.3 is 0 Å². The molecule has 0 saturated carbocycles. The second kappa shape index (κ2) is 5.59. The molecule has 1 aromatic rings. The molecule has 0 aromatic carbocycles. The van der Waals surface area contributed by atoms with Crippen molar-refractivity contribution >= 4 is 11.6 Å². The number of aryl methyl sites for hydroxylation is 1. The fraction of sp³-hybridized carbons (Fsp3) is 0.769. The molecule has 2 unspecified atom stereocenters. The number of aliphatic hydroxyl groups is 1.